The van der Waals surface area contributed by atoms with E-state index in [1.165, 1.54) is 0 Å². The minimum absolute atomic E-state index is 0.0333. The van der Waals surface area contributed by atoms with Crippen LogP contribution in [0.1, 0.15) is 62.2 Å². The lowest BCUT2D eigenvalue weighted by atomic mass is 10.1. The van der Waals surface area contributed by atoms with Crippen LogP contribution in [0.5, 0.6) is 11.8 Å². The van der Waals surface area contributed by atoms with Crippen LogP contribution in [0.4, 0.5) is 0 Å². The summed E-state index contributed by atoms with van der Waals surface area (Å²) in [6, 6.07) is -0.185. The highest BCUT2D eigenvalue weighted by molar-refractivity contribution is 5.74. The summed E-state index contributed by atoms with van der Waals surface area (Å²) in [6.07, 6.45) is 7.65. The highest BCUT2D eigenvalue weighted by Crippen LogP contribution is 2.35. The van der Waals surface area contributed by atoms with Crippen molar-refractivity contribution < 1.29 is 14.6 Å². The van der Waals surface area contributed by atoms with Crippen molar-refractivity contribution in [3.05, 3.63) is 40.9 Å². The predicted molar refractivity (Wildman–Crippen MR) is 150 cm³/mol. The van der Waals surface area contributed by atoms with Crippen LogP contribution in [0.25, 0.3) is 28.9 Å². The number of nitrogens with zero attached hydrogens (tertiary/aromatic N) is 8. The number of aromatic nitrogens is 7. The van der Waals surface area contributed by atoms with Crippen LogP contribution in [0.2, 0.25) is 0 Å². The lowest BCUT2D eigenvalue weighted by Gasteiger charge is -2.31. The number of hydrogen-bond donors (Lipinski definition) is 1. The van der Waals surface area contributed by atoms with Gasteiger partial charge in [0, 0.05) is 25.8 Å². The Kier molecular flexibility index (Phi) is 7.21. The Balaban J connectivity index is 1.77. The van der Waals surface area contributed by atoms with E-state index in [-0.39, 0.29) is 24.8 Å². The van der Waals surface area contributed by atoms with Gasteiger partial charge in [0.2, 0.25) is 11.8 Å². The first-order valence-corrected chi connectivity index (χ1v) is 13.4. The van der Waals surface area contributed by atoms with Gasteiger partial charge >= 0.3 is 0 Å². The maximum absolute atomic E-state index is 10.0. The maximum Gasteiger partial charge on any atom is 0.240 e. The van der Waals surface area contributed by atoms with Crippen molar-refractivity contribution in [1.29, 1.82) is 0 Å². The summed E-state index contributed by atoms with van der Waals surface area (Å²) < 4.78 is 18.3. The van der Waals surface area contributed by atoms with Crippen LogP contribution in [-0.4, -0.2) is 76.3 Å². The summed E-state index contributed by atoms with van der Waals surface area (Å²) in [4.78, 5) is 11.9. The number of hydrogen-bond acceptors (Lipinski definition) is 8. The summed E-state index contributed by atoms with van der Waals surface area (Å²) in [7, 11) is 3.97. The third kappa shape index (κ3) is 4.70. The van der Waals surface area contributed by atoms with Gasteiger partial charge < -0.3 is 14.6 Å². The topological polar surface area (TPSA) is 108 Å². The van der Waals surface area contributed by atoms with E-state index in [2.05, 4.69) is 30.9 Å². The van der Waals surface area contributed by atoms with Gasteiger partial charge in [-0.2, -0.15) is 5.10 Å². The van der Waals surface area contributed by atoms with Crippen molar-refractivity contribution in [3.63, 3.8) is 0 Å². The first-order chi connectivity index (χ1) is 18.6. The van der Waals surface area contributed by atoms with Gasteiger partial charge in [-0.15, -0.1) is 5.10 Å². The predicted octanol–water partition coefficient (Wildman–Crippen LogP) is 3.67. The molecule has 11 nitrogen and oxygen atoms in total. The van der Waals surface area contributed by atoms with Gasteiger partial charge in [-0.05, 0) is 60.7 Å². The summed E-state index contributed by atoms with van der Waals surface area (Å²) >= 11 is 0. The molecule has 0 fully saturated rings. The van der Waals surface area contributed by atoms with Crippen molar-refractivity contribution in [1.82, 2.24) is 38.8 Å². The summed E-state index contributed by atoms with van der Waals surface area (Å²) in [6.45, 7) is 13.1. The SMILES string of the molecule is CCOc1nn([C@@H](C)CO)c2c1/C=C/c1ncc3c(C)nc(cn13)-c1c(C)nn(C)c1O[C@H](C)[C@@H](C)N(C)C2. The molecule has 4 aromatic heterocycles. The van der Waals surface area contributed by atoms with Gasteiger partial charge in [-0.1, -0.05) is 0 Å². The fourth-order valence-corrected chi connectivity index (χ4v) is 5.12. The molecule has 0 spiro atoms. The minimum atomic E-state index is -0.218. The van der Waals surface area contributed by atoms with Crippen molar-refractivity contribution >= 4 is 17.7 Å². The Morgan fingerprint density at radius 2 is 1.92 bits per heavy atom. The van der Waals surface area contributed by atoms with E-state index >= 15 is 0 Å². The number of fused-ring (bicyclic) bond motifs is 4. The standard InChI is InChI=1S/C28H38N8O3/c1-9-38-27-21-10-11-25-29-12-23-17(3)30-22(13-35(23)25)26-18(4)31-34(8)28(26)39-20(6)19(5)33(7)14-24(21)36(32-27)16(2)15-37/h10-13,16,19-20,37H,9,14-15H2,1-8H3/b11-10+/t16-,19+,20+/m0/s1. The maximum atomic E-state index is 10.0. The molecule has 0 saturated carbocycles. The van der Waals surface area contributed by atoms with Gasteiger partial charge in [0.25, 0.3) is 0 Å². The molecule has 3 atom stereocenters. The third-order valence-electron chi connectivity index (χ3n) is 7.61. The first kappa shape index (κ1) is 26.9. The molecule has 4 aromatic rings. The second-order valence-corrected chi connectivity index (χ2v) is 10.4. The number of aliphatic hydroxyl groups excluding tert-OH is 1. The first-order valence-electron chi connectivity index (χ1n) is 13.4. The van der Waals surface area contributed by atoms with Crippen LogP contribution in [0.3, 0.4) is 0 Å². The van der Waals surface area contributed by atoms with Crippen LogP contribution >= 0.6 is 0 Å². The second kappa shape index (κ2) is 10.5. The Morgan fingerprint density at radius 1 is 1.15 bits per heavy atom. The Morgan fingerprint density at radius 3 is 2.64 bits per heavy atom. The van der Waals surface area contributed by atoms with E-state index in [9.17, 15) is 5.11 Å². The molecule has 0 radical (unpaired) electrons. The monoisotopic (exact) mass is 534 g/mol. The molecular formula is C28H38N8O3. The Bertz CT molecular complexity index is 1530. The van der Waals surface area contributed by atoms with Crippen LogP contribution < -0.4 is 9.47 Å². The van der Waals surface area contributed by atoms with E-state index in [0.717, 1.165) is 45.2 Å². The zero-order valence-corrected chi connectivity index (χ0v) is 24.0. The van der Waals surface area contributed by atoms with E-state index in [1.807, 2.05) is 68.4 Å². The van der Waals surface area contributed by atoms with E-state index in [4.69, 9.17) is 24.5 Å². The molecule has 1 aliphatic rings. The minimum Gasteiger partial charge on any atom is -0.476 e. The smallest absolute Gasteiger partial charge is 0.240 e. The molecular weight excluding hydrogens is 496 g/mol. The van der Waals surface area contributed by atoms with Crippen molar-refractivity contribution in [3.8, 4) is 23.0 Å². The van der Waals surface area contributed by atoms with E-state index < -0.39 is 0 Å². The molecule has 0 amide bonds. The molecule has 2 bridgehead atoms. The van der Waals surface area contributed by atoms with Crippen molar-refractivity contribution in [2.45, 2.75) is 66.3 Å². The van der Waals surface area contributed by atoms with Crippen molar-refractivity contribution in [2.24, 2.45) is 7.05 Å². The summed E-state index contributed by atoms with van der Waals surface area (Å²) in [5, 5.41) is 19.5. The lowest BCUT2D eigenvalue weighted by Crippen LogP contribution is -2.41. The highest BCUT2D eigenvalue weighted by Gasteiger charge is 2.28. The normalized spacial score (nSPS) is 19.7. The zero-order chi connectivity index (χ0) is 28.0. The molecule has 11 heteroatoms. The largest absolute Gasteiger partial charge is 0.476 e. The quantitative estimate of drug-likeness (QED) is 0.423. The summed E-state index contributed by atoms with van der Waals surface area (Å²) in [5.74, 6) is 1.96. The van der Waals surface area contributed by atoms with Crippen LogP contribution in [-0.2, 0) is 13.6 Å². The number of aliphatic hydroxyl groups is 1. The van der Waals surface area contributed by atoms with E-state index in [0.29, 0.717) is 24.9 Å². The molecule has 208 valence electrons. The zero-order valence-electron chi connectivity index (χ0n) is 24.0. The number of ether oxygens (including phenoxy) is 2. The molecule has 5 rings (SSSR count). The van der Waals surface area contributed by atoms with Gasteiger partial charge in [0.1, 0.15) is 11.9 Å². The molecule has 0 aromatic carbocycles. The van der Waals surface area contributed by atoms with Gasteiger partial charge in [0.15, 0.2) is 0 Å². The third-order valence-corrected chi connectivity index (χ3v) is 7.61. The molecule has 5 heterocycles. The van der Waals surface area contributed by atoms with E-state index in [1.54, 1.807) is 4.68 Å². The number of aryl methyl sites for hydroxylation is 3. The molecule has 0 unspecified atom stereocenters. The van der Waals surface area contributed by atoms with Crippen LogP contribution in [0, 0.1) is 13.8 Å². The number of imidazole rings is 1. The van der Waals surface area contributed by atoms with Gasteiger partial charge in [0.05, 0.1) is 64.9 Å². The van der Waals surface area contributed by atoms with Gasteiger partial charge in [-0.25, -0.2) is 14.6 Å². The Labute approximate surface area is 228 Å². The van der Waals surface area contributed by atoms with Crippen molar-refractivity contribution in [2.75, 3.05) is 20.3 Å². The molecule has 1 aliphatic heterocycles. The average Bonchev–Trinajstić information content (AvgIpc) is 3.55. The Hall–Kier alpha value is -3.70. The number of likely N-dealkylation sites (N-methyl/N-ethyl adjacent to an activating group) is 1. The fraction of sp³-hybridized carbons (Fsp3) is 0.500. The highest BCUT2D eigenvalue weighted by atomic mass is 16.5. The summed E-state index contributed by atoms with van der Waals surface area (Å²) in [5.41, 5.74) is 6.09. The van der Waals surface area contributed by atoms with Crippen LogP contribution in [0.15, 0.2) is 12.4 Å². The number of rotatable bonds is 4. The average molecular weight is 535 g/mol. The second-order valence-electron chi connectivity index (χ2n) is 10.4. The molecule has 1 N–H and O–H groups in total. The molecule has 0 saturated heterocycles. The molecule has 39 heavy (non-hydrogen) atoms. The molecule has 0 aliphatic carbocycles. The van der Waals surface area contributed by atoms with Gasteiger partial charge in [-0.3, -0.25) is 14.0 Å². The fourth-order valence-electron chi connectivity index (χ4n) is 5.12. The lowest BCUT2D eigenvalue weighted by molar-refractivity contribution is 0.0914.